The van der Waals surface area contributed by atoms with E-state index >= 15 is 0 Å². The van der Waals surface area contributed by atoms with E-state index in [1.54, 1.807) is 33.1 Å². The smallest absolute Gasteiger partial charge is 0.191 e. The number of ether oxygens (including phenoxy) is 3. The number of rotatable bonds is 10. The SMILES string of the molecule is COCCCn1c(SCc2ccc(Cl)cc2)nnc1-c1ccc(OC)c(OC)c1. The Hall–Kier alpha value is -2.22. The number of methoxy groups -OCH3 is 3. The highest BCUT2D eigenvalue weighted by molar-refractivity contribution is 7.98. The summed E-state index contributed by atoms with van der Waals surface area (Å²) in [6, 6.07) is 13.6. The van der Waals surface area contributed by atoms with Gasteiger partial charge in [0.2, 0.25) is 0 Å². The molecule has 0 saturated heterocycles. The van der Waals surface area contributed by atoms with Crippen LogP contribution in [0.1, 0.15) is 12.0 Å². The second kappa shape index (κ2) is 10.5. The van der Waals surface area contributed by atoms with Crippen LogP contribution in [0.2, 0.25) is 5.02 Å². The number of hydrogen-bond donors (Lipinski definition) is 0. The standard InChI is InChI=1S/C21H24ClN3O3S/c1-26-12-4-11-25-20(16-7-10-18(27-2)19(13-16)28-3)23-24-21(25)29-14-15-5-8-17(22)9-6-15/h5-10,13H,4,11-12,14H2,1-3H3. The lowest BCUT2D eigenvalue weighted by Gasteiger charge is -2.12. The molecule has 0 N–H and O–H groups in total. The average molecular weight is 434 g/mol. The Labute approximate surface area is 180 Å². The average Bonchev–Trinajstić information content (AvgIpc) is 3.15. The second-order valence-electron chi connectivity index (χ2n) is 6.29. The summed E-state index contributed by atoms with van der Waals surface area (Å²) in [6.07, 6.45) is 0.864. The van der Waals surface area contributed by atoms with E-state index < -0.39 is 0 Å². The third kappa shape index (κ3) is 5.44. The predicted molar refractivity (Wildman–Crippen MR) is 116 cm³/mol. The number of hydrogen-bond acceptors (Lipinski definition) is 6. The molecule has 3 rings (SSSR count). The van der Waals surface area contributed by atoms with E-state index in [9.17, 15) is 0 Å². The predicted octanol–water partition coefficient (Wildman–Crippen LogP) is 4.94. The van der Waals surface area contributed by atoms with Crippen molar-refractivity contribution in [2.24, 2.45) is 0 Å². The number of halogens is 1. The summed E-state index contributed by atoms with van der Waals surface area (Å²) in [7, 11) is 4.95. The maximum absolute atomic E-state index is 5.98. The first-order valence-corrected chi connectivity index (χ1v) is 10.5. The molecule has 0 saturated carbocycles. The third-order valence-corrected chi connectivity index (χ3v) is 5.66. The van der Waals surface area contributed by atoms with Crippen LogP contribution in [0.5, 0.6) is 11.5 Å². The van der Waals surface area contributed by atoms with Gasteiger partial charge in [0.1, 0.15) is 0 Å². The first-order valence-electron chi connectivity index (χ1n) is 9.18. The third-order valence-electron chi connectivity index (χ3n) is 4.37. The zero-order valence-corrected chi connectivity index (χ0v) is 18.3. The highest BCUT2D eigenvalue weighted by atomic mass is 35.5. The lowest BCUT2D eigenvalue weighted by Crippen LogP contribution is -2.05. The van der Waals surface area contributed by atoms with Crippen molar-refractivity contribution in [3.05, 3.63) is 53.1 Å². The van der Waals surface area contributed by atoms with Crippen LogP contribution in [0.15, 0.2) is 47.6 Å². The molecule has 6 nitrogen and oxygen atoms in total. The molecule has 0 spiro atoms. The molecule has 1 heterocycles. The Balaban J connectivity index is 1.87. The minimum absolute atomic E-state index is 0.659. The van der Waals surface area contributed by atoms with Crippen LogP contribution < -0.4 is 9.47 Å². The quantitative estimate of drug-likeness (QED) is 0.333. The first-order chi connectivity index (χ1) is 14.2. The van der Waals surface area contributed by atoms with Crippen molar-refractivity contribution < 1.29 is 14.2 Å². The Morgan fingerprint density at radius 1 is 0.966 bits per heavy atom. The minimum atomic E-state index is 0.659. The van der Waals surface area contributed by atoms with E-state index in [1.165, 1.54) is 5.56 Å². The molecule has 0 aliphatic rings. The van der Waals surface area contributed by atoms with E-state index in [0.717, 1.165) is 40.3 Å². The van der Waals surface area contributed by atoms with Crippen molar-refractivity contribution in [2.75, 3.05) is 27.9 Å². The fourth-order valence-corrected chi connectivity index (χ4v) is 3.93. The maximum Gasteiger partial charge on any atom is 0.191 e. The van der Waals surface area contributed by atoms with E-state index in [1.807, 2.05) is 42.5 Å². The van der Waals surface area contributed by atoms with Gasteiger partial charge in [-0.25, -0.2) is 0 Å². The molecule has 0 fully saturated rings. The van der Waals surface area contributed by atoms with Gasteiger partial charge >= 0.3 is 0 Å². The largest absolute Gasteiger partial charge is 0.493 e. The monoisotopic (exact) mass is 433 g/mol. The number of nitrogens with zero attached hydrogens (tertiary/aromatic N) is 3. The first kappa shape index (κ1) is 21.5. The van der Waals surface area contributed by atoms with Crippen LogP contribution in [0.25, 0.3) is 11.4 Å². The number of thioether (sulfide) groups is 1. The molecule has 0 aliphatic carbocycles. The van der Waals surface area contributed by atoms with Gasteiger partial charge in [-0.2, -0.15) is 0 Å². The Morgan fingerprint density at radius 3 is 2.41 bits per heavy atom. The van der Waals surface area contributed by atoms with Crippen molar-refractivity contribution in [1.82, 2.24) is 14.8 Å². The molecule has 0 unspecified atom stereocenters. The van der Waals surface area contributed by atoms with Gasteiger partial charge in [0.05, 0.1) is 14.2 Å². The fraction of sp³-hybridized carbons (Fsp3) is 0.333. The Kier molecular flexibility index (Phi) is 7.80. The van der Waals surface area contributed by atoms with Gasteiger partial charge in [-0.05, 0) is 42.3 Å². The van der Waals surface area contributed by atoms with E-state index in [0.29, 0.717) is 18.1 Å². The molecular weight excluding hydrogens is 410 g/mol. The van der Waals surface area contributed by atoms with E-state index in [2.05, 4.69) is 14.8 Å². The van der Waals surface area contributed by atoms with Gasteiger partial charge in [0.15, 0.2) is 22.5 Å². The molecule has 0 bridgehead atoms. The second-order valence-corrected chi connectivity index (χ2v) is 7.67. The molecule has 1 aromatic heterocycles. The molecule has 2 aromatic carbocycles. The number of benzene rings is 2. The van der Waals surface area contributed by atoms with Crippen LogP contribution in [0.3, 0.4) is 0 Å². The molecule has 154 valence electrons. The van der Waals surface area contributed by atoms with E-state index in [-0.39, 0.29) is 0 Å². The van der Waals surface area contributed by atoms with Crippen LogP contribution in [-0.2, 0) is 17.0 Å². The van der Waals surface area contributed by atoms with Crippen molar-refractivity contribution in [3.8, 4) is 22.9 Å². The maximum atomic E-state index is 5.98. The molecule has 0 aliphatic heterocycles. The zero-order chi connectivity index (χ0) is 20.6. The Morgan fingerprint density at radius 2 is 1.72 bits per heavy atom. The van der Waals surface area contributed by atoms with Gasteiger partial charge < -0.3 is 18.8 Å². The molecule has 0 radical (unpaired) electrons. The van der Waals surface area contributed by atoms with Crippen LogP contribution in [-0.4, -0.2) is 42.7 Å². The molecule has 0 atom stereocenters. The van der Waals surface area contributed by atoms with E-state index in [4.69, 9.17) is 25.8 Å². The van der Waals surface area contributed by atoms with Crippen LogP contribution in [0.4, 0.5) is 0 Å². The summed E-state index contributed by atoms with van der Waals surface area (Å²) in [5, 5.41) is 10.5. The summed E-state index contributed by atoms with van der Waals surface area (Å²) in [5.41, 5.74) is 2.10. The highest BCUT2D eigenvalue weighted by Gasteiger charge is 2.16. The van der Waals surface area contributed by atoms with Gasteiger partial charge in [-0.1, -0.05) is 35.5 Å². The topological polar surface area (TPSA) is 58.4 Å². The summed E-state index contributed by atoms with van der Waals surface area (Å²) < 4.78 is 18.1. The van der Waals surface area contributed by atoms with Crippen LogP contribution >= 0.6 is 23.4 Å². The lowest BCUT2D eigenvalue weighted by molar-refractivity contribution is 0.189. The zero-order valence-electron chi connectivity index (χ0n) is 16.7. The normalized spacial score (nSPS) is 10.9. The summed E-state index contributed by atoms with van der Waals surface area (Å²) in [4.78, 5) is 0. The molecule has 3 aromatic rings. The number of aromatic nitrogens is 3. The molecule has 0 amide bonds. The van der Waals surface area contributed by atoms with Gasteiger partial charge in [0.25, 0.3) is 0 Å². The highest BCUT2D eigenvalue weighted by Crippen LogP contribution is 2.33. The minimum Gasteiger partial charge on any atom is -0.493 e. The van der Waals surface area contributed by atoms with Crippen molar-refractivity contribution in [2.45, 2.75) is 23.9 Å². The fourth-order valence-electron chi connectivity index (χ4n) is 2.88. The van der Waals surface area contributed by atoms with Crippen molar-refractivity contribution in [1.29, 1.82) is 0 Å². The lowest BCUT2D eigenvalue weighted by atomic mass is 10.2. The van der Waals surface area contributed by atoms with Gasteiger partial charge in [-0.3, -0.25) is 0 Å². The molecule has 29 heavy (non-hydrogen) atoms. The summed E-state index contributed by atoms with van der Waals surface area (Å²) >= 11 is 7.62. The van der Waals surface area contributed by atoms with Crippen molar-refractivity contribution in [3.63, 3.8) is 0 Å². The Bertz CT molecular complexity index is 931. The summed E-state index contributed by atoms with van der Waals surface area (Å²) in [6.45, 7) is 1.43. The van der Waals surface area contributed by atoms with Gasteiger partial charge in [0, 0.05) is 36.6 Å². The molecular formula is C21H24ClN3O3S. The van der Waals surface area contributed by atoms with Crippen molar-refractivity contribution >= 4 is 23.4 Å². The van der Waals surface area contributed by atoms with Crippen LogP contribution in [0, 0.1) is 0 Å². The molecule has 8 heteroatoms. The van der Waals surface area contributed by atoms with Gasteiger partial charge in [-0.15, -0.1) is 10.2 Å². The summed E-state index contributed by atoms with van der Waals surface area (Å²) in [5.74, 6) is 2.91.